The Kier molecular flexibility index (Phi) is 9.83. The highest BCUT2D eigenvalue weighted by molar-refractivity contribution is 5.91. The molecule has 0 N–H and O–H groups in total. The van der Waals surface area contributed by atoms with E-state index < -0.39 is 30.9 Å². The lowest BCUT2D eigenvalue weighted by molar-refractivity contribution is -0.284. The summed E-state index contributed by atoms with van der Waals surface area (Å²) in [5.74, 6) is -5.17. The van der Waals surface area contributed by atoms with E-state index in [-0.39, 0.29) is 30.3 Å². The molecule has 0 saturated heterocycles. The van der Waals surface area contributed by atoms with E-state index in [0.717, 1.165) is 12.0 Å². The molecule has 0 unspecified atom stereocenters. The number of aryl methyl sites for hydroxylation is 1. The quantitative estimate of drug-likeness (QED) is 0.155. The van der Waals surface area contributed by atoms with Crippen molar-refractivity contribution in [3.63, 3.8) is 0 Å². The van der Waals surface area contributed by atoms with Gasteiger partial charge in [0.15, 0.2) is 0 Å². The first-order chi connectivity index (χ1) is 16.0. The van der Waals surface area contributed by atoms with Crippen LogP contribution in [0.3, 0.4) is 0 Å². The molecule has 0 heterocycles. The highest BCUT2D eigenvalue weighted by Crippen LogP contribution is 2.38. The lowest BCUT2D eigenvalue weighted by Crippen LogP contribution is -2.36. The maximum absolute atomic E-state index is 12.9. The fourth-order valence-corrected chi connectivity index (χ4v) is 2.74. The third kappa shape index (κ3) is 8.64. The van der Waals surface area contributed by atoms with Crippen LogP contribution in [0.25, 0.3) is 0 Å². The van der Waals surface area contributed by atoms with Crippen molar-refractivity contribution < 1.29 is 45.8 Å². The largest absolute Gasteiger partial charge is 0.494 e. The molecule has 2 aromatic carbocycles. The van der Waals surface area contributed by atoms with Crippen molar-refractivity contribution in [2.24, 2.45) is 0 Å². The summed E-state index contributed by atoms with van der Waals surface area (Å²) in [5, 5.41) is 0. The zero-order valence-corrected chi connectivity index (χ0v) is 18.5. The van der Waals surface area contributed by atoms with Gasteiger partial charge in [0, 0.05) is 12.8 Å². The Balaban J connectivity index is 1.78. The summed E-state index contributed by atoms with van der Waals surface area (Å²) in [5.41, 5.74) is 1.07. The smallest absolute Gasteiger partial charge is 0.453 e. The van der Waals surface area contributed by atoms with Crippen LogP contribution in [0.15, 0.2) is 48.5 Å². The number of carbonyl (C=O) groups is 2. The molecule has 5 nitrogen and oxygen atoms in total. The summed E-state index contributed by atoms with van der Waals surface area (Å²) >= 11 is 0. The molecule has 0 aliphatic rings. The second-order valence-corrected chi connectivity index (χ2v) is 7.43. The second-order valence-electron chi connectivity index (χ2n) is 7.43. The highest BCUT2D eigenvalue weighted by atomic mass is 19.4. The van der Waals surface area contributed by atoms with Crippen LogP contribution in [0, 0.1) is 0 Å². The molecule has 2 rings (SSSR count). The zero-order chi connectivity index (χ0) is 25.2. The molecule has 0 aliphatic carbocycles. The molecule has 0 radical (unpaired) electrons. The number of hydrogen-bond acceptors (Lipinski definition) is 5. The third-order valence-electron chi connectivity index (χ3n) is 4.63. The van der Waals surface area contributed by atoms with E-state index in [2.05, 4.69) is 0 Å². The van der Waals surface area contributed by atoms with Crippen molar-refractivity contribution in [2.75, 3.05) is 13.2 Å². The number of alkyl halides is 5. The monoisotopic (exact) mass is 488 g/mol. The number of esters is 2. The minimum absolute atomic E-state index is 0.193. The lowest BCUT2D eigenvalue weighted by Gasteiger charge is -2.19. The predicted molar refractivity (Wildman–Crippen MR) is 113 cm³/mol. The van der Waals surface area contributed by atoms with Crippen molar-refractivity contribution in [3.8, 4) is 11.5 Å². The molecule has 0 aliphatic heterocycles. The van der Waals surface area contributed by atoms with Gasteiger partial charge in [-0.3, -0.25) is 4.79 Å². The average molecular weight is 488 g/mol. The number of carbonyl (C=O) groups excluding carboxylic acids is 2. The van der Waals surface area contributed by atoms with Crippen LogP contribution in [0.4, 0.5) is 22.0 Å². The van der Waals surface area contributed by atoms with Crippen LogP contribution in [-0.2, 0) is 16.0 Å². The van der Waals surface area contributed by atoms with E-state index in [9.17, 15) is 31.5 Å². The van der Waals surface area contributed by atoms with Crippen LogP contribution in [0.1, 0.15) is 48.5 Å². The van der Waals surface area contributed by atoms with E-state index in [1.165, 1.54) is 24.3 Å². The topological polar surface area (TPSA) is 61.8 Å². The first kappa shape index (κ1) is 27.1. The fraction of sp³-hybridized carbons (Fsp3) is 0.417. The molecular formula is C24H25F5O5. The van der Waals surface area contributed by atoms with Gasteiger partial charge in [-0.15, -0.1) is 0 Å². The van der Waals surface area contributed by atoms with Gasteiger partial charge in [-0.1, -0.05) is 19.1 Å². The third-order valence-corrected chi connectivity index (χ3v) is 4.63. The Morgan fingerprint density at radius 1 is 0.853 bits per heavy atom. The Bertz CT molecular complexity index is 924. The number of benzene rings is 2. The Hall–Kier alpha value is -3.17. The molecule has 2 aromatic rings. The Labute approximate surface area is 193 Å². The fourth-order valence-electron chi connectivity index (χ4n) is 2.74. The molecule has 0 spiro atoms. The molecule has 10 heteroatoms. The first-order valence-corrected chi connectivity index (χ1v) is 10.7. The molecule has 34 heavy (non-hydrogen) atoms. The van der Waals surface area contributed by atoms with Gasteiger partial charge >= 0.3 is 24.0 Å². The normalized spacial score (nSPS) is 11.7. The lowest BCUT2D eigenvalue weighted by atomic mass is 10.1. The van der Waals surface area contributed by atoms with Gasteiger partial charge in [-0.25, -0.2) is 4.79 Å². The van der Waals surface area contributed by atoms with Crippen molar-refractivity contribution in [3.05, 3.63) is 59.7 Å². The van der Waals surface area contributed by atoms with Crippen LogP contribution in [-0.4, -0.2) is 37.3 Å². The Morgan fingerprint density at radius 2 is 1.47 bits per heavy atom. The zero-order valence-electron chi connectivity index (χ0n) is 18.5. The number of rotatable bonds is 12. The molecule has 0 amide bonds. The standard InChI is InChI=1S/C24H25F5O5/c1-2-15-33-21(30)13-6-17-4-9-20(10-5-17)34-22(31)18-7-11-19(12-8-18)32-16-3-14-23(25,26)24(27,28)29/h4-5,7-12H,2-3,6,13-16H2,1H3. The minimum atomic E-state index is -5.59. The van der Waals surface area contributed by atoms with Crippen LogP contribution >= 0.6 is 0 Å². The van der Waals surface area contributed by atoms with Crippen LogP contribution < -0.4 is 9.47 Å². The van der Waals surface area contributed by atoms with Gasteiger partial charge in [-0.05, 0) is 61.2 Å². The molecule has 0 bridgehead atoms. The molecular weight excluding hydrogens is 463 g/mol. The van der Waals surface area contributed by atoms with E-state index in [4.69, 9.17) is 14.2 Å². The van der Waals surface area contributed by atoms with E-state index in [1.54, 1.807) is 24.3 Å². The highest BCUT2D eigenvalue weighted by Gasteiger charge is 2.56. The van der Waals surface area contributed by atoms with Crippen molar-refractivity contribution >= 4 is 11.9 Å². The molecule has 0 atom stereocenters. The average Bonchev–Trinajstić information content (AvgIpc) is 2.79. The summed E-state index contributed by atoms with van der Waals surface area (Å²) in [7, 11) is 0. The number of halogens is 5. The summed E-state index contributed by atoms with van der Waals surface area (Å²) in [6.07, 6.45) is -5.95. The molecule has 0 aromatic heterocycles. The van der Waals surface area contributed by atoms with E-state index in [0.29, 0.717) is 18.8 Å². The van der Waals surface area contributed by atoms with E-state index >= 15 is 0 Å². The van der Waals surface area contributed by atoms with Gasteiger partial charge in [0.05, 0.1) is 18.8 Å². The van der Waals surface area contributed by atoms with Gasteiger partial charge < -0.3 is 14.2 Å². The van der Waals surface area contributed by atoms with Crippen LogP contribution in [0.2, 0.25) is 0 Å². The SMILES string of the molecule is CCCOC(=O)CCc1ccc(OC(=O)c2ccc(OCCCC(F)(F)C(F)(F)F)cc2)cc1. The number of ether oxygens (including phenoxy) is 3. The van der Waals surface area contributed by atoms with Crippen molar-refractivity contribution in [1.29, 1.82) is 0 Å². The maximum Gasteiger partial charge on any atom is 0.453 e. The summed E-state index contributed by atoms with van der Waals surface area (Å²) in [4.78, 5) is 23.8. The minimum Gasteiger partial charge on any atom is -0.494 e. The van der Waals surface area contributed by atoms with Gasteiger partial charge in [0.2, 0.25) is 0 Å². The van der Waals surface area contributed by atoms with Gasteiger partial charge in [-0.2, -0.15) is 22.0 Å². The predicted octanol–water partition coefficient (Wildman–Crippen LogP) is 6.15. The Morgan fingerprint density at radius 3 is 2.06 bits per heavy atom. The second kappa shape index (κ2) is 12.3. The molecule has 0 fully saturated rings. The van der Waals surface area contributed by atoms with Gasteiger partial charge in [0.25, 0.3) is 0 Å². The number of hydrogen-bond donors (Lipinski definition) is 0. The van der Waals surface area contributed by atoms with Crippen molar-refractivity contribution in [1.82, 2.24) is 0 Å². The van der Waals surface area contributed by atoms with Crippen molar-refractivity contribution in [2.45, 2.75) is 51.1 Å². The van der Waals surface area contributed by atoms with Crippen LogP contribution in [0.5, 0.6) is 11.5 Å². The molecule has 186 valence electrons. The summed E-state index contributed by atoms with van der Waals surface area (Å²) in [6, 6.07) is 12.2. The summed E-state index contributed by atoms with van der Waals surface area (Å²) < 4.78 is 77.6. The molecule has 0 saturated carbocycles. The van der Waals surface area contributed by atoms with Gasteiger partial charge in [0.1, 0.15) is 11.5 Å². The summed E-state index contributed by atoms with van der Waals surface area (Å²) in [6.45, 7) is 1.97. The maximum atomic E-state index is 12.9. The first-order valence-electron chi connectivity index (χ1n) is 10.7. The van der Waals surface area contributed by atoms with E-state index in [1.807, 2.05) is 6.92 Å².